The maximum Gasteiger partial charge on any atom is 0.391 e. The first kappa shape index (κ1) is 22.8. The van der Waals surface area contributed by atoms with Gasteiger partial charge in [0.1, 0.15) is 0 Å². The number of nitrogens with zero attached hydrogens (tertiary/aromatic N) is 1. The zero-order chi connectivity index (χ0) is 21.7. The molecule has 1 aliphatic heterocycles. The third-order valence-corrected chi connectivity index (χ3v) is 6.61. The molecular formula is C23H32F3NO3. The Labute approximate surface area is 176 Å². The van der Waals surface area contributed by atoms with Crippen LogP contribution in [0.1, 0.15) is 56.9 Å². The molecule has 0 aromatic heterocycles. The van der Waals surface area contributed by atoms with Crippen LogP contribution < -0.4 is 9.47 Å². The lowest BCUT2D eigenvalue weighted by molar-refractivity contribution is -0.187. The van der Waals surface area contributed by atoms with E-state index in [9.17, 15) is 18.0 Å². The monoisotopic (exact) mass is 427 g/mol. The van der Waals surface area contributed by atoms with Crippen molar-refractivity contribution in [2.75, 3.05) is 20.8 Å². The van der Waals surface area contributed by atoms with Crippen LogP contribution in [0, 0.1) is 11.8 Å². The summed E-state index contributed by atoms with van der Waals surface area (Å²) in [6.07, 6.45) is 1.42. The quantitative estimate of drug-likeness (QED) is 0.611. The van der Waals surface area contributed by atoms with Gasteiger partial charge in [-0.1, -0.05) is 12.5 Å². The molecule has 1 amide bonds. The number of rotatable bonds is 6. The number of halogens is 3. The highest BCUT2D eigenvalue weighted by atomic mass is 19.4. The molecule has 1 aromatic carbocycles. The fraction of sp³-hybridized carbons (Fsp3) is 0.696. The molecule has 2 aliphatic rings. The summed E-state index contributed by atoms with van der Waals surface area (Å²) in [5.74, 6) is -0.553. The molecule has 4 nitrogen and oxygen atoms in total. The van der Waals surface area contributed by atoms with E-state index in [1.165, 1.54) is 0 Å². The van der Waals surface area contributed by atoms with Crippen molar-refractivity contribution in [3.63, 3.8) is 0 Å². The van der Waals surface area contributed by atoms with E-state index in [0.717, 1.165) is 37.7 Å². The second kappa shape index (κ2) is 9.92. The third kappa shape index (κ3) is 5.41. The summed E-state index contributed by atoms with van der Waals surface area (Å²) in [6.45, 7) is 0.655. The van der Waals surface area contributed by atoms with Gasteiger partial charge in [0.05, 0.1) is 20.1 Å². The van der Waals surface area contributed by atoms with E-state index in [-0.39, 0.29) is 24.8 Å². The molecule has 1 aliphatic carbocycles. The number of alkyl halides is 3. The lowest BCUT2D eigenvalue weighted by atomic mass is 9.79. The van der Waals surface area contributed by atoms with E-state index in [4.69, 9.17) is 9.47 Å². The fourth-order valence-corrected chi connectivity index (χ4v) is 4.91. The van der Waals surface area contributed by atoms with E-state index in [2.05, 4.69) is 0 Å². The Kier molecular flexibility index (Phi) is 7.53. The van der Waals surface area contributed by atoms with Gasteiger partial charge in [0, 0.05) is 18.5 Å². The molecular weight excluding hydrogens is 395 g/mol. The molecule has 1 aromatic rings. The SMILES string of the molecule is COc1ccc(CCC2CCCCN2C(=O)C2CCCC(C(F)(F)F)C2)cc1OC. The first-order chi connectivity index (χ1) is 14.3. The molecule has 168 valence electrons. The average Bonchev–Trinajstić information content (AvgIpc) is 2.76. The van der Waals surface area contributed by atoms with Crippen molar-refractivity contribution in [3.05, 3.63) is 23.8 Å². The minimum absolute atomic E-state index is 0.0543. The van der Waals surface area contributed by atoms with Crippen LogP contribution >= 0.6 is 0 Å². The maximum atomic E-state index is 13.2. The summed E-state index contributed by atoms with van der Waals surface area (Å²) in [5.41, 5.74) is 1.10. The van der Waals surface area contributed by atoms with Crippen molar-refractivity contribution >= 4 is 5.91 Å². The van der Waals surface area contributed by atoms with E-state index in [1.54, 1.807) is 14.2 Å². The zero-order valence-corrected chi connectivity index (χ0v) is 17.8. The molecule has 2 fully saturated rings. The zero-order valence-electron chi connectivity index (χ0n) is 17.8. The molecule has 1 saturated heterocycles. The van der Waals surface area contributed by atoms with Crippen molar-refractivity contribution in [3.8, 4) is 11.5 Å². The first-order valence-corrected chi connectivity index (χ1v) is 10.9. The number of carbonyl (C=O) groups is 1. The van der Waals surface area contributed by atoms with E-state index in [1.807, 2.05) is 23.1 Å². The van der Waals surface area contributed by atoms with Crippen molar-refractivity contribution in [2.45, 2.75) is 70.0 Å². The summed E-state index contributed by atoms with van der Waals surface area (Å²) in [4.78, 5) is 15.0. The van der Waals surface area contributed by atoms with Crippen LogP contribution in [0.25, 0.3) is 0 Å². The number of ether oxygens (including phenoxy) is 2. The highest BCUT2D eigenvalue weighted by molar-refractivity contribution is 5.79. The van der Waals surface area contributed by atoms with Gasteiger partial charge in [0.2, 0.25) is 5.91 Å². The molecule has 1 heterocycles. The summed E-state index contributed by atoms with van der Waals surface area (Å²) < 4.78 is 50.2. The van der Waals surface area contributed by atoms with Gasteiger partial charge in [-0.25, -0.2) is 0 Å². The Bertz CT molecular complexity index is 722. The number of piperidine rings is 1. The summed E-state index contributed by atoms with van der Waals surface area (Å²) >= 11 is 0. The summed E-state index contributed by atoms with van der Waals surface area (Å²) in [5, 5.41) is 0. The molecule has 3 rings (SSSR count). The van der Waals surface area contributed by atoms with E-state index >= 15 is 0 Å². The molecule has 0 bridgehead atoms. The number of hydrogen-bond acceptors (Lipinski definition) is 3. The van der Waals surface area contributed by atoms with Gasteiger partial charge in [-0.3, -0.25) is 4.79 Å². The maximum absolute atomic E-state index is 13.2. The van der Waals surface area contributed by atoms with Crippen LogP contribution in [0.15, 0.2) is 18.2 Å². The summed E-state index contributed by atoms with van der Waals surface area (Å²) in [7, 11) is 3.19. The molecule has 30 heavy (non-hydrogen) atoms. The van der Waals surface area contributed by atoms with Crippen LogP contribution in [-0.4, -0.2) is 43.8 Å². The predicted molar refractivity (Wildman–Crippen MR) is 109 cm³/mol. The Morgan fingerprint density at radius 2 is 1.83 bits per heavy atom. The van der Waals surface area contributed by atoms with Crippen LogP contribution in [0.5, 0.6) is 11.5 Å². The minimum Gasteiger partial charge on any atom is -0.493 e. The lowest BCUT2D eigenvalue weighted by Crippen LogP contribution is -2.48. The number of amides is 1. The van der Waals surface area contributed by atoms with Crippen molar-refractivity contribution in [2.24, 2.45) is 11.8 Å². The van der Waals surface area contributed by atoms with Gasteiger partial charge >= 0.3 is 6.18 Å². The minimum atomic E-state index is -4.20. The molecule has 1 saturated carbocycles. The predicted octanol–water partition coefficient (Wildman–Crippen LogP) is 5.39. The lowest BCUT2D eigenvalue weighted by Gasteiger charge is -2.40. The number of likely N-dealkylation sites (tertiary alicyclic amines) is 1. The number of aryl methyl sites for hydroxylation is 1. The topological polar surface area (TPSA) is 38.8 Å². The number of methoxy groups -OCH3 is 2. The van der Waals surface area contributed by atoms with Crippen molar-refractivity contribution in [1.29, 1.82) is 0 Å². The number of hydrogen-bond donors (Lipinski definition) is 0. The Morgan fingerprint density at radius 1 is 1.07 bits per heavy atom. The van der Waals surface area contributed by atoms with Gasteiger partial charge in [-0.2, -0.15) is 13.2 Å². The second-order valence-corrected chi connectivity index (χ2v) is 8.51. The summed E-state index contributed by atoms with van der Waals surface area (Å²) in [6, 6.07) is 5.90. The number of benzene rings is 1. The Hall–Kier alpha value is -1.92. The molecule has 3 atom stereocenters. The molecule has 0 spiro atoms. The first-order valence-electron chi connectivity index (χ1n) is 10.9. The molecule has 0 radical (unpaired) electrons. The van der Waals surface area contributed by atoms with Gasteiger partial charge in [-0.15, -0.1) is 0 Å². The largest absolute Gasteiger partial charge is 0.493 e. The Morgan fingerprint density at radius 3 is 2.53 bits per heavy atom. The van der Waals surface area contributed by atoms with Crippen LogP contribution in [0.4, 0.5) is 13.2 Å². The fourth-order valence-electron chi connectivity index (χ4n) is 4.91. The number of carbonyl (C=O) groups excluding carboxylic acids is 1. The highest BCUT2D eigenvalue weighted by Gasteiger charge is 2.44. The van der Waals surface area contributed by atoms with Gasteiger partial charge in [0.15, 0.2) is 11.5 Å². The molecule has 3 unspecified atom stereocenters. The third-order valence-electron chi connectivity index (χ3n) is 6.61. The van der Waals surface area contributed by atoms with Gasteiger partial charge in [0.25, 0.3) is 0 Å². The van der Waals surface area contributed by atoms with Crippen molar-refractivity contribution in [1.82, 2.24) is 4.90 Å². The van der Waals surface area contributed by atoms with E-state index in [0.29, 0.717) is 30.9 Å². The normalized spacial score (nSPS) is 25.1. The average molecular weight is 428 g/mol. The van der Waals surface area contributed by atoms with E-state index < -0.39 is 18.0 Å². The van der Waals surface area contributed by atoms with Gasteiger partial charge in [-0.05, 0) is 69.1 Å². The Balaban J connectivity index is 1.64. The smallest absolute Gasteiger partial charge is 0.391 e. The van der Waals surface area contributed by atoms with Crippen LogP contribution in [0.2, 0.25) is 0 Å². The second-order valence-electron chi connectivity index (χ2n) is 8.51. The molecule has 7 heteroatoms. The van der Waals surface area contributed by atoms with Crippen molar-refractivity contribution < 1.29 is 27.4 Å². The highest BCUT2D eigenvalue weighted by Crippen LogP contribution is 2.41. The van der Waals surface area contributed by atoms with Crippen LogP contribution in [-0.2, 0) is 11.2 Å². The van der Waals surface area contributed by atoms with Crippen LogP contribution in [0.3, 0.4) is 0 Å². The van der Waals surface area contributed by atoms with Gasteiger partial charge < -0.3 is 14.4 Å². The standard InChI is InChI=1S/C23H32F3NO3/c1-29-20-12-10-16(14-21(20)30-2)9-11-19-8-3-4-13-27(19)22(28)17-6-5-7-18(15-17)23(24,25)26/h10,12,14,17-19H,3-9,11,13,15H2,1-2H3. The molecule has 0 N–H and O–H groups in total.